The molecule has 1 aliphatic carbocycles. The van der Waals surface area contributed by atoms with E-state index in [0.29, 0.717) is 0 Å². The van der Waals surface area contributed by atoms with Gasteiger partial charge in [0.2, 0.25) is 0 Å². The van der Waals surface area contributed by atoms with Gasteiger partial charge in [-0.15, -0.1) is 8.58 Å². The Morgan fingerprint density at radius 3 is 2.11 bits per heavy atom. The van der Waals surface area contributed by atoms with Crippen LogP contribution >= 0.6 is 8.58 Å². The SMILES string of the molecule is CPC1CCC(C)CC1. The zero-order chi connectivity index (χ0) is 6.69. The van der Waals surface area contributed by atoms with Gasteiger partial charge in [0.1, 0.15) is 0 Å². The standard InChI is InChI=1S/C8H17P/c1-7-3-5-8(9-2)6-4-7/h7-9H,3-6H2,1-2H3. The van der Waals surface area contributed by atoms with Crippen molar-refractivity contribution in [2.24, 2.45) is 5.92 Å². The molecule has 0 saturated heterocycles. The molecule has 0 amide bonds. The molecule has 1 aliphatic rings. The third-order valence-electron chi connectivity index (χ3n) is 2.42. The molecule has 0 heterocycles. The van der Waals surface area contributed by atoms with Crippen molar-refractivity contribution >= 4 is 8.58 Å². The van der Waals surface area contributed by atoms with E-state index in [2.05, 4.69) is 13.6 Å². The molecule has 0 aromatic rings. The van der Waals surface area contributed by atoms with Crippen molar-refractivity contribution in [1.82, 2.24) is 0 Å². The van der Waals surface area contributed by atoms with Crippen LogP contribution < -0.4 is 0 Å². The van der Waals surface area contributed by atoms with Gasteiger partial charge in [0.25, 0.3) is 0 Å². The second kappa shape index (κ2) is 3.56. The van der Waals surface area contributed by atoms with Gasteiger partial charge in [-0.1, -0.05) is 19.8 Å². The van der Waals surface area contributed by atoms with E-state index in [0.717, 1.165) is 11.6 Å². The maximum atomic E-state index is 2.38. The molecule has 54 valence electrons. The minimum absolute atomic E-state index is 1.03. The summed E-state index contributed by atoms with van der Waals surface area (Å²) in [4.78, 5) is 0. The first kappa shape index (κ1) is 7.54. The van der Waals surface area contributed by atoms with Crippen LogP contribution in [0.2, 0.25) is 0 Å². The van der Waals surface area contributed by atoms with Crippen LogP contribution in [0, 0.1) is 5.92 Å². The molecule has 0 aromatic carbocycles. The fourth-order valence-electron chi connectivity index (χ4n) is 1.55. The summed E-state index contributed by atoms with van der Waals surface area (Å²) in [5.41, 5.74) is 1.10. The van der Waals surface area contributed by atoms with E-state index in [-0.39, 0.29) is 0 Å². The fourth-order valence-corrected chi connectivity index (χ4v) is 2.46. The predicted molar refractivity (Wildman–Crippen MR) is 45.7 cm³/mol. The molecule has 1 rings (SSSR count). The first-order chi connectivity index (χ1) is 4.33. The summed E-state index contributed by atoms with van der Waals surface area (Å²) < 4.78 is 0. The molecular weight excluding hydrogens is 127 g/mol. The molecule has 1 unspecified atom stereocenters. The Morgan fingerprint density at radius 2 is 1.67 bits per heavy atom. The van der Waals surface area contributed by atoms with Gasteiger partial charge >= 0.3 is 0 Å². The van der Waals surface area contributed by atoms with Gasteiger partial charge < -0.3 is 0 Å². The van der Waals surface area contributed by atoms with Crippen molar-refractivity contribution in [3.8, 4) is 0 Å². The summed E-state index contributed by atoms with van der Waals surface area (Å²) in [5, 5.41) is 0. The highest BCUT2D eigenvalue weighted by molar-refractivity contribution is 7.37. The van der Waals surface area contributed by atoms with Crippen molar-refractivity contribution in [3.05, 3.63) is 0 Å². The molecule has 0 radical (unpaired) electrons. The first-order valence-electron chi connectivity index (χ1n) is 4.00. The lowest BCUT2D eigenvalue weighted by Gasteiger charge is -2.24. The van der Waals surface area contributed by atoms with Gasteiger partial charge in [-0.05, 0) is 31.1 Å². The van der Waals surface area contributed by atoms with Crippen LogP contribution in [-0.4, -0.2) is 12.3 Å². The molecule has 0 N–H and O–H groups in total. The van der Waals surface area contributed by atoms with Crippen molar-refractivity contribution in [2.75, 3.05) is 6.66 Å². The van der Waals surface area contributed by atoms with Gasteiger partial charge in [-0.2, -0.15) is 0 Å². The number of hydrogen-bond donors (Lipinski definition) is 0. The maximum absolute atomic E-state index is 2.38. The van der Waals surface area contributed by atoms with Crippen LogP contribution in [0.5, 0.6) is 0 Å². The predicted octanol–water partition coefficient (Wildman–Crippen LogP) is 2.87. The van der Waals surface area contributed by atoms with E-state index < -0.39 is 0 Å². The molecular formula is C8H17P. The topological polar surface area (TPSA) is 0 Å². The highest BCUT2D eigenvalue weighted by atomic mass is 31.1. The van der Waals surface area contributed by atoms with Gasteiger partial charge in [0.15, 0.2) is 0 Å². The Kier molecular flexibility index (Phi) is 2.98. The highest BCUT2D eigenvalue weighted by Gasteiger charge is 2.15. The molecule has 0 aromatic heterocycles. The molecule has 0 bridgehead atoms. The van der Waals surface area contributed by atoms with E-state index in [1.807, 2.05) is 0 Å². The largest absolute Gasteiger partial charge is 0.122 e. The fraction of sp³-hybridized carbons (Fsp3) is 1.00. The van der Waals surface area contributed by atoms with E-state index in [4.69, 9.17) is 0 Å². The second-order valence-corrected chi connectivity index (χ2v) is 4.64. The van der Waals surface area contributed by atoms with Crippen molar-refractivity contribution in [2.45, 2.75) is 38.3 Å². The molecule has 0 nitrogen and oxygen atoms in total. The summed E-state index contributed by atoms with van der Waals surface area (Å²) in [6, 6.07) is 0. The zero-order valence-electron chi connectivity index (χ0n) is 6.48. The molecule has 1 heteroatoms. The minimum Gasteiger partial charge on any atom is -0.122 e. The van der Waals surface area contributed by atoms with Crippen molar-refractivity contribution < 1.29 is 0 Å². The summed E-state index contributed by atoms with van der Waals surface area (Å²) in [6.07, 6.45) is 6.00. The van der Waals surface area contributed by atoms with Crippen LogP contribution in [0.3, 0.4) is 0 Å². The van der Waals surface area contributed by atoms with Gasteiger partial charge in [0, 0.05) is 0 Å². The third kappa shape index (κ3) is 2.26. The average molecular weight is 144 g/mol. The minimum atomic E-state index is 1.03. The Bertz CT molecular complexity index is 72.6. The van der Waals surface area contributed by atoms with Crippen LogP contribution in [-0.2, 0) is 0 Å². The molecule has 1 fully saturated rings. The van der Waals surface area contributed by atoms with Crippen molar-refractivity contribution in [3.63, 3.8) is 0 Å². The quantitative estimate of drug-likeness (QED) is 0.496. The number of rotatable bonds is 1. The number of hydrogen-bond acceptors (Lipinski definition) is 0. The van der Waals surface area contributed by atoms with E-state index in [1.165, 1.54) is 34.3 Å². The van der Waals surface area contributed by atoms with Crippen LogP contribution in [0.1, 0.15) is 32.6 Å². The summed E-state index contributed by atoms with van der Waals surface area (Å²) in [7, 11) is 1.20. The first-order valence-corrected chi connectivity index (χ1v) is 5.58. The van der Waals surface area contributed by atoms with E-state index in [9.17, 15) is 0 Å². The smallest absolute Gasteiger partial charge is 0.0239 e. The van der Waals surface area contributed by atoms with Gasteiger partial charge in [0.05, 0.1) is 0 Å². The molecule has 0 spiro atoms. The summed E-state index contributed by atoms with van der Waals surface area (Å²) >= 11 is 0. The van der Waals surface area contributed by atoms with E-state index in [1.54, 1.807) is 0 Å². The Hall–Kier alpha value is 0.430. The monoisotopic (exact) mass is 144 g/mol. The lowest BCUT2D eigenvalue weighted by molar-refractivity contribution is 0.392. The maximum Gasteiger partial charge on any atom is -0.0239 e. The van der Waals surface area contributed by atoms with Crippen molar-refractivity contribution in [1.29, 1.82) is 0 Å². The third-order valence-corrected chi connectivity index (χ3v) is 3.82. The van der Waals surface area contributed by atoms with Crippen LogP contribution in [0.4, 0.5) is 0 Å². The van der Waals surface area contributed by atoms with Gasteiger partial charge in [-0.3, -0.25) is 0 Å². The molecule has 9 heavy (non-hydrogen) atoms. The lowest BCUT2D eigenvalue weighted by atomic mass is 9.91. The average Bonchev–Trinajstić information content (AvgIpc) is 1.90. The molecule has 1 atom stereocenters. The Balaban J connectivity index is 2.18. The van der Waals surface area contributed by atoms with Crippen LogP contribution in [0.25, 0.3) is 0 Å². The Labute approximate surface area is 60.2 Å². The Morgan fingerprint density at radius 1 is 1.11 bits per heavy atom. The summed E-state index contributed by atoms with van der Waals surface area (Å²) in [5.74, 6) is 1.03. The highest BCUT2D eigenvalue weighted by Crippen LogP contribution is 2.32. The summed E-state index contributed by atoms with van der Waals surface area (Å²) in [6.45, 7) is 4.73. The molecule has 1 saturated carbocycles. The molecule has 0 aliphatic heterocycles. The lowest BCUT2D eigenvalue weighted by Crippen LogP contribution is -2.12. The zero-order valence-corrected chi connectivity index (χ0v) is 7.48. The second-order valence-electron chi connectivity index (χ2n) is 3.25. The normalized spacial score (nSPS) is 38.0. The van der Waals surface area contributed by atoms with E-state index >= 15 is 0 Å². The van der Waals surface area contributed by atoms with Gasteiger partial charge in [-0.25, -0.2) is 0 Å². The van der Waals surface area contributed by atoms with Crippen LogP contribution in [0.15, 0.2) is 0 Å².